The zero-order valence-electron chi connectivity index (χ0n) is 9.74. The number of carbonyl (C=O) groups excluding carboxylic acids is 1. The van der Waals surface area contributed by atoms with Crippen molar-refractivity contribution in [2.24, 2.45) is 0 Å². The highest BCUT2D eigenvalue weighted by atomic mass is 19.4. The van der Waals surface area contributed by atoms with Crippen molar-refractivity contribution in [1.29, 1.82) is 0 Å². The molecule has 98 valence electrons. The third-order valence-corrected chi connectivity index (χ3v) is 2.01. The molecule has 0 aromatic carbocycles. The van der Waals surface area contributed by atoms with E-state index in [0.717, 1.165) is 6.20 Å². The largest absolute Gasteiger partial charge is 0.406 e. The Kier molecular flexibility index (Phi) is 4.41. The van der Waals surface area contributed by atoms with E-state index in [0.29, 0.717) is 10.6 Å². The average molecular weight is 259 g/mol. The van der Waals surface area contributed by atoms with Crippen molar-refractivity contribution < 1.29 is 18.0 Å². The van der Waals surface area contributed by atoms with Crippen molar-refractivity contribution in [2.75, 3.05) is 13.1 Å². The molecule has 0 N–H and O–H groups in total. The van der Waals surface area contributed by atoms with E-state index in [1.807, 2.05) is 0 Å². The Labute approximate surface area is 102 Å². The Morgan fingerprint density at radius 2 is 2.11 bits per heavy atom. The van der Waals surface area contributed by atoms with Gasteiger partial charge in [0.05, 0.1) is 11.9 Å². The van der Waals surface area contributed by atoms with Crippen LogP contribution in [0.5, 0.6) is 0 Å². The second kappa shape index (κ2) is 5.61. The van der Waals surface area contributed by atoms with Gasteiger partial charge in [-0.05, 0) is 6.92 Å². The van der Waals surface area contributed by atoms with Crippen LogP contribution in [0.3, 0.4) is 0 Å². The molecule has 1 heterocycles. The molecule has 7 heteroatoms. The van der Waals surface area contributed by atoms with Gasteiger partial charge in [0.2, 0.25) is 0 Å². The van der Waals surface area contributed by atoms with E-state index in [-0.39, 0.29) is 12.2 Å². The fourth-order valence-electron chi connectivity index (χ4n) is 1.26. The summed E-state index contributed by atoms with van der Waals surface area (Å²) in [6, 6.07) is 0. The summed E-state index contributed by atoms with van der Waals surface area (Å²) in [6.45, 7) is 3.45. The summed E-state index contributed by atoms with van der Waals surface area (Å²) in [6.07, 6.45) is -0.751. The van der Waals surface area contributed by atoms with Gasteiger partial charge in [-0.2, -0.15) is 13.2 Å². The van der Waals surface area contributed by atoms with Crippen LogP contribution in [0.15, 0.2) is 25.0 Å². The quantitative estimate of drug-likeness (QED) is 0.777. The van der Waals surface area contributed by atoms with Crippen LogP contribution < -0.4 is 0 Å². The van der Waals surface area contributed by atoms with E-state index in [2.05, 4.69) is 16.5 Å². The molecular formula is C11H12F3N3O. The maximum Gasteiger partial charge on any atom is 0.406 e. The van der Waals surface area contributed by atoms with Gasteiger partial charge in [0.15, 0.2) is 0 Å². The van der Waals surface area contributed by atoms with Crippen LogP contribution in [0.1, 0.15) is 16.2 Å². The topological polar surface area (TPSA) is 46.1 Å². The van der Waals surface area contributed by atoms with E-state index < -0.39 is 18.6 Å². The monoisotopic (exact) mass is 259 g/mol. The van der Waals surface area contributed by atoms with Crippen molar-refractivity contribution >= 4 is 5.91 Å². The van der Waals surface area contributed by atoms with Crippen LogP contribution in [0.2, 0.25) is 0 Å². The number of rotatable bonds is 4. The van der Waals surface area contributed by atoms with Gasteiger partial charge in [0.1, 0.15) is 12.2 Å². The van der Waals surface area contributed by atoms with Gasteiger partial charge in [0, 0.05) is 12.7 Å². The number of aryl methyl sites for hydroxylation is 1. The van der Waals surface area contributed by atoms with Crippen LogP contribution >= 0.6 is 0 Å². The van der Waals surface area contributed by atoms with E-state index >= 15 is 0 Å². The lowest BCUT2D eigenvalue weighted by Crippen LogP contribution is -2.39. The molecule has 4 nitrogen and oxygen atoms in total. The van der Waals surface area contributed by atoms with Gasteiger partial charge in [-0.3, -0.25) is 9.78 Å². The number of carbonyl (C=O) groups is 1. The number of hydrogen-bond donors (Lipinski definition) is 0. The van der Waals surface area contributed by atoms with E-state index in [1.54, 1.807) is 6.92 Å². The van der Waals surface area contributed by atoms with E-state index in [1.165, 1.54) is 12.3 Å². The minimum Gasteiger partial charge on any atom is -0.324 e. The summed E-state index contributed by atoms with van der Waals surface area (Å²) in [5, 5.41) is 0. The average Bonchev–Trinajstić information content (AvgIpc) is 2.27. The summed E-state index contributed by atoms with van der Waals surface area (Å²) >= 11 is 0. The van der Waals surface area contributed by atoms with Crippen LogP contribution in [0.25, 0.3) is 0 Å². The van der Waals surface area contributed by atoms with Gasteiger partial charge in [0.25, 0.3) is 5.91 Å². The van der Waals surface area contributed by atoms with Crippen LogP contribution in [-0.4, -0.2) is 40.0 Å². The zero-order chi connectivity index (χ0) is 13.8. The first-order valence-electron chi connectivity index (χ1n) is 5.09. The second-order valence-corrected chi connectivity index (χ2v) is 3.63. The lowest BCUT2D eigenvalue weighted by molar-refractivity contribution is -0.139. The SMILES string of the molecule is C=CCN(CC(F)(F)F)C(=O)c1cnc(C)cn1. The standard InChI is InChI=1S/C11H12F3N3O/c1-3-4-17(7-11(12,13)14)10(18)9-6-15-8(2)5-16-9/h3,5-6H,1,4,7H2,2H3. The van der Waals surface area contributed by atoms with Gasteiger partial charge in [-0.25, -0.2) is 4.98 Å². The molecule has 1 aromatic heterocycles. The highest BCUT2D eigenvalue weighted by Gasteiger charge is 2.33. The molecule has 0 aliphatic rings. The van der Waals surface area contributed by atoms with E-state index in [9.17, 15) is 18.0 Å². The Bertz CT molecular complexity index is 428. The first kappa shape index (κ1) is 14.1. The van der Waals surface area contributed by atoms with Crippen LogP contribution in [0, 0.1) is 6.92 Å². The van der Waals surface area contributed by atoms with Gasteiger partial charge in [-0.1, -0.05) is 6.08 Å². The maximum atomic E-state index is 12.3. The van der Waals surface area contributed by atoms with E-state index in [4.69, 9.17) is 0 Å². The van der Waals surface area contributed by atoms with Gasteiger partial charge < -0.3 is 4.90 Å². The first-order valence-corrected chi connectivity index (χ1v) is 5.09. The van der Waals surface area contributed by atoms with Crippen molar-refractivity contribution in [1.82, 2.24) is 14.9 Å². The molecule has 0 saturated heterocycles. The fourth-order valence-corrected chi connectivity index (χ4v) is 1.26. The molecule has 0 unspecified atom stereocenters. The van der Waals surface area contributed by atoms with Crippen LogP contribution in [0.4, 0.5) is 13.2 Å². The minimum atomic E-state index is -4.46. The van der Waals surface area contributed by atoms with Crippen molar-refractivity contribution in [2.45, 2.75) is 13.1 Å². The van der Waals surface area contributed by atoms with Gasteiger partial charge >= 0.3 is 6.18 Å². The summed E-state index contributed by atoms with van der Waals surface area (Å²) in [5.74, 6) is -0.820. The number of aromatic nitrogens is 2. The fraction of sp³-hybridized carbons (Fsp3) is 0.364. The highest BCUT2D eigenvalue weighted by Crippen LogP contribution is 2.17. The Morgan fingerprint density at radius 1 is 1.44 bits per heavy atom. The number of amides is 1. The van der Waals surface area contributed by atoms with Crippen molar-refractivity contribution in [3.05, 3.63) is 36.4 Å². The molecule has 18 heavy (non-hydrogen) atoms. The molecule has 0 aliphatic carbocycles. The van der Waals surface area contributed by atoms with Crippen LogP contribution in [-0.2, 0) is 0 Å². The number of halogens is 3. The first-order chi connectivity index (χ1) is 8.33. The number of hydrogen-bond acceptors (Lipinski definition) is 3. The van der Waals surface area contributed by atoms with Gasteiger partial charge in [-0.15, -0.1) is 6.58 Å². The predicted octanol–water partition coefficient (Wildman–Crippen LogP) is 1.98. The number of nitrogens with zero attached hydrogens (tertiary/aromatic N) is 3. The second-order valence-electron chi connectivity index (χ2n) is 3.63. The van der Waals surface area contributed by atoms with Crippen molar-refractivity contribution in [3.8, 4) is 0 Å². The van der Waals surface area contributed by atoms with Crippen molar-refractivity contribution in [3.63, 3.8) is 0 Å². The molecule has 0 spiro atoms. The lowest BCUT2D eigenvalue weighted by Gasteiger charge is -2.21. The molecule has 0 atom stereocenters. The minimum absolute atomic E-state index is 0.119. The molecule has 0 aliphatic heterocycles. The molecule has 0 radical (unpaired) electrons. The zero-order valence-corrected chi connectivity index (χ0v) is 9.74. The number of alkyl halides is 3. The normalized spacial score (nSPS) is 11.1. The molecule has 0 bridgehead atoms. The Morgan fingerprint density at radius 3 is 2.56 bits per heavy atom. The molecule has 1 aromatic rings. The molecule has 1 rings (SSSR count). The smallest absolute Gasteiger partial charge is 0.324 e. The summed E-state index contributed by atoms with van der Waals surface area (Å²) < 4.78 is 36.9. The Balaban J connectivity index is 2.88. The highest BCUT2D eigenvalue weighted by molar-refractivity contribution is 5.92. The Hall–Kier alpha value is -1.92. The maximum absolute atomic E-state index is 12.3. The third kappa shape index (κ3) is 4.15. The molecular weight excluding hydrogens is 247 g/mol. The third-order valence-electron chi connectivity index (χ3n) is 2.01. The lowest BCUT2D eigenvalue weighted by atomic mass is 10.3. The molecule has 1 amide bonds. The molecule has 0 saturated carbocycles. The molecule has 0 fully saturated rings. The predicted molar refractivity (Wildman–Crippen MR) is 58.9 cm³/mol. The summed E-state index contributed by atoms with van der Waals surface area (Å²) in [7, 11) is 0. The summed E-state index contributed by atoms with van der Waals surface area (Å²) in [5.41, 5.74) is 0.462. The summed E-state index contributed by atoms with van der Waals surface area (Å²) in [4.78, 5) is 20.0.